The van der Waals surface area contributed by atoms with Gasteiger partial charge in [0, 0.05) is 0 Å². The van der Waals surface area contributed by atoms with Crippen LogP contribution in [0, 0.1) is 5.82 Å². The zero-order valence-corrected chi connectivity index (χ0v) is 11.3. The zero-order chi connectivity index (χ0) is 14.1. The zero-order valence-electron chi connectivity index (χ0n) is 11.3. The summed E-state index contributed by atoms with van der Waals surface area (Å²) in [5, 5.41) is 10.3. The first-order chi connectivity index (χ1) is 9.69. The number of benzene rings is 2. The minimum Gasteiger partial charge on any atom is -0.494 e. The third kappa shape index (κ3) is 2.29. The van der Waals surface area contributed by atoms with Gasteiger partial charge in [0.05, 0.1) is 13.2 Å². The molecule has 2 aromatic carbocycles. The molecule has 20 heavy (non-hydrogen) atoms. The van der Waals surface area contributed by atoms with Gasteiger partial charge in [0.2, 0.25) is 0 Å². The van der Waals surface area contributed by atoms with Crippen molar-refractivity contribution in [2.75, 3.05) is 7.11 Å². The van der Waals surface area contributed by atoms with Crippen molar-refractivity contribution in [1.29, 1.82) is 0 Å². The van der Waals surface area contributed by atoms with Crippen molar-refractivity contribution in [2.45, 2.75) is 24.9 Å². The molecule has 104 valence electrons. The number of aliphatic hydroxyl groups excluding tert-OH is 1. The molecule has 1 aliphatic carbocycles. The highest BCUT2D eigenvalue weighted by Crippen LogP contribution is 2.40. The molecule has 0 aromatic heterocycles. The van der Waals surface area contributed by atoms with Crippen molar-refractivity contribution in [1.82, 2.24) is 0 Å². The molecule has 2 aromatic rings. The van der Waals surface area contributed by atoms with Crippen LogP contribution in [-0.2, 0) is 6.42 Å². The molecule has 2 atom stereocenters. The van der Waals surface area contributed by atoms with Gasteiger partial charge in [-0.2, -0.15) is 0 Å². The van der Waals surface area contributed by atoms with Crippen LogP contribution in [0.1, 0.15) is 35.1 Å². The summed E-state index contributed by atoms with van der Waals surface area (Å²) in [7, 11) is 1.43. The minimum absolute atomic E-state index is 0.204. The number of hydrogen-bond donors (Lipinski definition) is 1. The largest absolute Gasteiger partial charge is 0.494 e. The van der Waals surface area contributed by atoms with Gasteiger partial charge in [0.15, 0.2) is 11.6 Å². The van der Waals surface area contributed by atoms with E-state index in [9.17, 15) is 9.50 Å². The van der Waals surface area contributed by atoms with Gasteiger partial charge in [0.25, 0.3) is 0 Å². The predicted octanol–water partition coefficient (Wildman–Crippen LogP) is 3.60. The summed E-state index contributed by atoms with van der Waals surface area (Å²) >= 11 is 0. The summed E-state index contributed by atoms with van der Waals surface area (Å²) in [6.07, 6.45) is 0.975. The van der Waals surface area contributed by atoms with E-state index < -0.39 is 11.9 Å². The molecular weight excluding hydrogens is 255 g/mol. The van der Waals surface area contributed by atoms with Crippen LogP contribution >= 0.6 is 0 Å². The van der Waals surface area contributed by atoms with Gasteiger partial charge >= 0.3 is 0 Å². The molecule has 3 heteroatoms. The summed E-state index contributed by atoms with van der Waals surface area (Å²) in [5.41, 5.74) is 3.26. The van der Waals surface area contributed by atoms with Gasteiger partial charge in [-0.25, -0.2) is 4.39 Å². The molecule has 0 aliphatic heterocycles. The van der Waals surface area contributed by atoms with Gasteiger partial charge in [-0.05, 0) is 47.6 Å². The van der Waals surface area contributed by atoms with E-state index in [-0.39, 0.29) is 5.75 Å². The van der Waals surface area contributed by atoms with E-state index in [4.69, 9.17) is 4.74 Å². The molecule has 0 fully saturated rings. The Morgan fingerprint density at radius 3 is 2.80 bits per heavy atom. The molecular formula is C17H17FO2. The molecule has 0 heterocycles. The Labute approximate surface area is 117 Å². The molecule has 2 nitrogen and oxygen atoms in total. The second kappa shape index (κ2) is 5.25. The molecule has 1 N–H and O–H groups in total. The number of methoxy groups -OCH3 is 1. The molecule has 1 aliphatic rings. The van der Waals surface area contributed by atoms with Crippen molar-refractivity contribution in [3.05, 3.63) is 65.0 Å². The first kappa shape index (κ1) is 13.1. The fraction of sp³-hybridized carbons (Fsp3) is 0.294. The van der Waals surface area contributed by atoms with Crippen LogP contribution in [0.3, 0.4) is 0 Å². The fourth-order valence-electron chi connectivity index (χ4n) is 2.87. The smallest absolute Gasteiger partial charge is 0.165 e. The van der Waals surface area contributed by atoms with Crippen molar-refractivity contribution < 1.29 is 14.2 Å². The molecule has 3 rings (SSSR count). The third-order valence-corrected chi connectivity index (χ3v) is 4.03. The fourth-order valence-corrected chi connectivity index (χ4v) is 2.87. The Hall–Kier alpha value is -1.87. The molecule has 0 saturated carbocycles. The lowest BCUT2D eigenvalue weighted by molar-refractivity contribution is 0.153. The SMILES string of the molecule is COc1ccc(C(O)CC2Cc3ccccc32)cc1F. The van der Waals surface area contributed by atoms with E-state index in [1.54, 1.807) is 12.1 Å². The number of hydrogen-bond acceptors (Lipinski definition) is 2. The average molecular weight is 272 g/mol. The Balaban J connectivity index is 1.72. The van der Waals surface area contributed by atoms with Crippen LogP contribution in [0.25, 0.3) is 0 Å². The quantitative estimate of drug-likeness (QED) is 0.921. The Morgan fingerprint density at radius 2 is 2.10 bits per heavy atom. The number of ether oxygens (including phenoxy) is 1. The summed E-state index contributed by atoms with van der Waals surface area (Å²) in [6.45, 7) is 0. The topological polar surface area (TPSA) is 29.5 Å². The molecule has 0 radical (unpaired) electrons. The van der Waals surface area contributed by atoms with Crippen LogP contribution < -0.4 is 4.74 Å². The molecule has 2 unspecified atom stereocenters. The van der Waals surface area contributed by atoms with Gasteiger partial charge in [-0.3, -0.25) is 0 Å². The molecule has 0 amide bonds. The first-order valence-electron chi connectivity index (χ1n) is 6.78. The van der Waals surface area contributed by atoms with Crippen LogP contribution in [0.5, 0.6) is 5.75 Å². The van der Waals surface area contributed by atoms with E-state index in [2.05, 4.69) is 12.1 Å². The second-order valence-corrected chi connectivity index (χ2v) is 5.25. The van der Waals surface area contributed by atoms with Gasteiger partial charge in [-0.1, -0.05) is 30.3 Å². The van der Waals surface area contributed by atoms with Crippen LogP contribution in [-0.4, -0.2) is 12.2 Å². The number of halogens is 1. The normalized spacial score (nSPS) is 18.1. The number of fused-ring (bicyclic) bond motifs is 1. The Kier molecular flexibility index (Phi) is 3.45. The van der Waals surface area contributed by atoms with Gasteiger partial charge in [0.1, 0.15) is 0 Å². The minimum atomic E-state index is -0.645. The maximum absolute atomic E-state index is 13.6. The highest BCUT2D eigenvalue weighted by Gasteiger charge is 2.28. The van der Waals surface area contributed by atoms with E-state index in [0.29, 0.717) is 17.9 Å². The average Bonchev–Trinajstić information content (AvgIpc) is 2.44. The Morgan fingerprint density at radius 1 is 1.30 bits per heavy atom. The lowest BCUT2D eigenvalue weighted by Crippen LogP contribution is -2.19. The highest BCUT2D eigenvalue weighted by molar-refractivity contribution is 5.40. The van der Waals surface area contributed by atoms with E-state index in [1.165, 1.54) is 24.3 Å². The van der Waals surface area contributed by atoms with Crippen molar-refractivity contribution in [3.8, 4) is 5.75 Å². The summed E-state index contributed by atoms with van der Waals surface area (Å²) in [6, 6.07) is 12.9. The maximum atomic E-state index is 13.6. The van der Waals surface area contributed by atoms with E-state index >= 15 is 0 Å². The molecule has 0 saturated heterocycles. The van der Waals surface area contributed by atoms with Crippen LogP contribution in [0.15, 0.2) is 42.5 Å². The van der Waals surface area contributed by atoms with Crippen LogP contribution in [0.2, 0.25) is 0 Å². The second-order valence-electron chi connectivity index (χ2n) is 5.25. The van der Waals surface area contributed by atoms with Crippen molar-refractivity contribution in [2.24, 2.45) is 0 Å². The van der Waals surface area contributed by atoms with Crippen molar-refractivity contribution >= 4 is 0 Å². The highest BCUT2D eigenvalue weighted by atomic mass is 19.1. The standard InChI is InChI=1S/C17H17FO2/c1-20-17-7-6-12(9-15(17)18)16(19)10-13-8-11-4-2-3-5-14(11)13/h2-7,9,13,16,19H,8,10H2,1H3. The predicted molar refractivity (Wildman–Crippen MR) is 75.4 cm³/mol. The monoisotopic (exact) mass is 272 g/mol. The van der Waals surface area contributed by atoms with Crippen molar-refractivity contribution in [3.63, 3.8) is 0 Å². The molecule has 0 spiro atoms. The van der Waals surface area contributed by atoms with Gasteiger partial charge in [-0.15, -0.1) is 0 Å². The maximum Gasteiger partial charge on any atom is 0.165 e. The summed E-state index contributed by atoms with van der Waals surface area (Å²) in [5.74, 6) is 0.138. The summed E-state index contributed by atoms with van der Waals surface area (Å²) in [4.78, 5) is 0. The molecule has 0 bridgehead atoms. The lowest BCUT2D eigenvalue weighted by atomic mass is 9.74. The first-order valence-corrected chi connectivity index (χ1v) is 6.78. The van der Waals surface area contributed by atoms with Crippen LogP contribution in [0.4, 0.5) is 4.39 Å². The summed E-state index contributed by atoms with van der Waals surface area (Å²) < 4.78 is 18.5. The lowest BCUT2D eigenvalue weighted by Gasteiger charge is -2.31. The van der Waals surface area contributed by atoms with E-state index in [0.717, 1.165) is 6.42 Å². The Bertz CT molecular complexity index is 624. The third-order valence-electron chi connectivity index (χ3n) is 4.03. The number of aliphatic hydroxyl groups is 1. The van der Waals surface area contributed by atoms with E-state index in [1.807, 2.05) is 12.1 Å². The van der Waals surface area contributed by atoms with Gasteiger partial charge < -0.3 is 9.84 Å². The number of rotatable bonds is 4.